The number of rotatable bonds is 4. The van der Waals surface area contributed by atoms with Gasteiger partial charge in [-0.2, -0.15) is 0 Å². The van der Waals surface area contributed by atoms with Crippen molar-refractivity contribution in [3.63, 3.8) is 0 Å². The van der Waals surface area contributed by atoms with E-state index < -0.39 is 28.0 Å². The van der Waals surface area contributed by atoms with Crippen LogP contribution in [0.25, 0.3) is 0 Å². The normalized spacial score (nSPS) is 10.2. The predicted molar refractivity (Wildman–Crippen MR) is 77.4 cm³/mol. The number of nitro benzene ring substituents is 1. The average Bonchev–Trinajstić information content (AvgIpc) is 2.42. The molecule has 0 aliphatic heterocycles. The number of halogens is 2. The van der Waals surface area contributed by atoms with E-state index in [1.165, 1.54) is 30.3 Å². The van der Waals surface area contributed by atoms with E-state index in [2.05, 4.69) is 21.2 Å². The van der Waals surface area contributed by atoms with E-state index in [1.54, 1.807) is 0 Å². The van der Waals surface area contributed by atoms with Gasteiger partial charge in [-0.15, -0.1) is 0 Å². The van der Waals surface area contributed by atoms with Gasteiger partial charge in [-0.3, -0.25) is 10.1 Å². The Morgan fingerprint density at radius 2 is 2.05 bits per heavy atom. The van der Waals surface area contributed by atoms with Gasteiger partial charge in [0.25, 0.3) is 0 Å². The Morgan fingerprint density at radius 1 is 1.33 bits per heavy atom. The number of aromatic carboxylic acids is 1. The molecule has 0 fully saturated rings. The maximum absolute atomic E-state index is 13.2. The first-order valence-corrected chi connectivity index (χ1v) is 6.42. The highest BCUT2D eigenvalue weighted by atomic mass is 79.9. The minimum atomic E-state index is -1.40. The highest BCUT2D eigenvalue weighted by molar-refractivity contribution is 9.10. The lowest BCUT2D eigenvalue weighted by molar-refractivity contribution is -0.384. The van der Waals surface area contributed by atoms with Gasteiger partial charge in [0.2, 0.25) is 0 Å². The van der Waals surface area contributed by atoms with Gasteiger partial charge in [-0.25, -0.2) is 9.18 Å². The number of nitrogens with zero attached hydrogens (tertiary/aromatic N) is 1. The quantitative estimate of drug-likeness (QED) is 0.640. The fourth-order valence-electron chi connectivity index (χ4n) is 1.74. The minimum absolute atomic E-state index is 0.0124. The van der Waals surface area contributed by atoms with E-state index >= 15 is 0 Å². The van der Waals surface area contributed by atoms with Gasteiger partial charge in [0.15, 0.2) is 0 Å². The molecule has 0 aliphatic rings. The number of anilines is 2. The van der Waals surface area contributed by atoms with E-state index in [4.69, 9.17) is 5.11 Å². The van der Waals surface area contributed by atoms with Crippen LogP contribution in [0.5, 0.6) is 0 Å². The Bertz CT molecular complexity index is 736. The van der Waals surface area contributed by atoms with Gasteiger partial charge in [0.1, 0.15) is 17.1 Å². The molecule has 0 spiro atoms. The lowest BCUT2D eigenvalue weighted by Gasteiger charge is -2.09. The minimum Gasteiger partial charge on any atom is -0.477 e. The van der Waals surface area contributed by atoms with Crippen LogP contribution in [0, 0.1) is 15.9 Å². The van der Waals surface area contributed by atoms with Crippen LogP contribution in [0.2, 0.25) is 0 Å². The van der Waals surface area contributed by atoms with Crippen LogP contribution in [-0.4, -0.2) is 16.0 Å². The van der Waals surface area contributed by atoms with Gasteiger partial charge >= 0.3 is 11.7 Å². The summed E-state index contributed by atoms with van der Waals surface area (Å²) in [5, 5.41) is 22.8. The Balaban J connectivity index is 2.48. The third-order valence-corrected chi connectivity index (χ3v) is 3.26. The molecule has 0 unspecified atom stereocenters. The van der Waals surface area contributed by atoms with Crippen LogP contribution >= 0.6 is 15.9 Å². The molecule has 0 aromatic heterocycles. The zero-order valence-corrected chi connectivity index (χ0v) is 11.9. The number of carboxylic acids is 1. The van der Waals surface area contributed by atoms with Crippen LogP contribution in [0.3, 0.4) is 0 Å². The van der Waals surface area contributed by atoms with Gasteiger partial charge in [0.05, 0.1) is 9.40 Å². The fourth-order valence-corrected chi connectivity index (χ4v) is 2.12. The third-order valence-electron chi connectivity index (χ3n) is 2.65. The molecular formula is C13H8BrFN2O4. The first kappa shape index (κ1) is 14.9. The molecule has 21 heavy (non-hydrogen) atoms. The Labute approximate surface area is 126 Å². The summed E-state index contributed by atoms with van der Waals surface area (Å²) in [4.78, 5) is 21.4. The van der Waals surface area contributed by atoms with Crippen molar-refractivity contribution < 1.29 is 19.2 Å². The topological polar surface area (TPSA) is 92.5 Å². The van der Waals surface area contributed by atoms with E-state index in [-0.39, 0.29) is 10.2 Å². The van der Waals surface area contributed by atoms with Crippen molar-refractivity contribution >= 4 is 39.0 Å². The Morgan fingerprint density at radius 3 is 2.62 bits per heavy atom. The van der Waals surface area contributed by atoms with Crippen molar-refractivity contribution in [3.8, 4) is 0 Å². The zero-order chi connectivity index (χ0) is 15.6. The molecule has 2 aromatic rings. The van der Waals surface area contributed by atoms with Crippen molar-refractivity contribution in [1.82, 2.24) is 0 Å². The van der Waals surface area contributed by atoms with Crippen molar-refractivity contribution in [1.29, 1.82) is 0 Å². The Hall–Kier alpha value is -2.48. The zero-order valence-electron chi connectivity index (χ0n) is 10.3. The molecule has 108 valence electrons. The number of hydrogen-bond donors (Lipinski definition) is 2. The van der Waals surface area contributed by atoms with Crippen molar-refractivity contribution in [2.24, 2.45) is 0 Å². The van der Waals surface area contributed by atoms with Gasteiger partial charge < -0.3 is 10.4 Å². The highest BCUT2D eigenvalue weighted by Gasteiger charge is 2.24. The molecule has 0 heterocycles. The summed E-state index contributed by atoms with van der Waals surface area (Å²) in [5.41, 5.74) is -0.580. The van der Waals surface area contributed by atoms with Crippen molar-refractivity contribution in [2.45, 2.75) is 0 Å². The summed E-state index contributed by atoms with van der Waals surface area (Å²) >= 11 is 3.00. The summed E-state index contributed by atoms with van der Waals surface area (Å²) < 4.78 is 13.3. The fraction of sp³-hybridized carbons (Fsp3) is 0. The molecule has 6 nitrogen and oxygen atoms in total. The molecule has 2 aromatic carbocycles. The summed E-state index contributed by atoms with van der Waals surface area (Å²) in [6, 6.07) is 7.87. The number of hydrogen-bond acceptors (Lipinski definition) is 4. The van der Waals surface area contributed by atoms with Crippen molar-refractivity contribution in [3.05, 3.63) is 62.4 Å². The van der Waals surface area contributed by atoms with E-state index in [1.807, 2.05) is 0 Å². The van der Waals surface area contributed by atoms with Gasteiger partial charge in [-0.1, -0.05) is 6.07 Å². The second-order valence-corrected chi connectivity index (χ2v) is 4.87. The Kier molecular flexibility index (Phi) is 4.18. The average molecular weight is 355 g/mol. The largest absolute Gasteiger partial charge is 0.477 e. The van der Waals surface area contributed by atoms with Crippen LogP contribution in [0.15, 0.2) is 40.9 Å². The number of benzene rings is 2. The highest BCUT2D eigenvalue weighted by Crippen LogP contribution is 2.32. The van der Waals surface area contributed by atoms with Gasteiger partial charge in [0, 0.05) is 5.69 Å². The van der Waals surface area contributed by atoms with Crippen LogP contribution in [0.4, 0.5) is 21.5 Å². The monoisotopic (exact) mass is 354 g/mol. The first-order chi connectivity index (χ1) is 9.90. The van der Waals surface area contributed by atoms with E-state index in [0.29, 0.717) is 5.69 Å². The number of para-hydroxylation sites is 1. The standard InChI is InChI=1S/C13H8BrFN2O4/c14-9-6-7(4-5-10(9)15)16-11-3-1-2-8(13(18)19)12(11)17(20)21/h1-6,16H,(H,18,19). The molecule has 0 radical (unpaired) electrons. The number of nitrogens with one attached hydrogen (secondary N) is 1. The molecule has 0 bridgehead atoms. The number of carboxylic acid groups (broad SMARTS) is 1. The summed E-state index contributed by atoms with van der Waals surface area (Å²) in [6.45, 7) is 0. The molecule has 0 amide bonds. The van der Waals surface area contributed by atoms with Crippen LogP contribution in [-0.2, 0) is 0 Å². The third kappa shape index (κ3) is 3.16. The molecule has 0 saturated carbocycles. The van der Waals surface area contributed by atoms with Crippen molar-refractivity contribution in [2.75, 3.05) is 5.32 Å². The summed E-state index contributed by atoms with van der Waals surface area (Å²) in [5.74, 6) is -1.88. The van der Waals surface area contributed by atoms with E-state index in [9.17, 15) is 19.3 Å². The SMILES string of the molecule is O=C(O)c1cccc(Nc2ccc(F)c(Br)c2)c1[N+](=O)[O-]. The number of carbonyl (C=O) groups is 1. The summed E-state index contributed by atoms with van der Waals surface area (Å²) in [6.07, 6.45) is 0. The molecule has 2 rings (SSSR count). The van der Waals surface area contributed by atoms with Crippen LogP contribution < -0.4 is 5.32 Å². The lowest BCUT2D eigenvalue weighted by atomic mass is 10.1. The van der Waals surface area contributed by atoms with Gasteiger partial charge in [-0.05, 0) is 46.3 Å². The second-order valence-electron chi connectivity index (χ2n) is 4.02. The van der Waals surface area contributed by atoms with Crippen LogP contribution in [0.1, 0.15) is 10.4 Å². The maximum atomic E-state index is 13.2. The molecule has 0 atom stereocenters. The predicted octanol–water partition coefficient (Wildman–Crippen LogP) is 3.94. The molecular weight excluding hydrogens is 347 g/mol. The first-order valence-electron chi connectivity index (χ1n) is 5.63. The molecule has 0 aliphatic carbocycles. The molecule has 8 heteroatoms. The smallest absolute Gasteiger partial charge is 0.342 e. The molecule has 0 saturated heterocycles. The maximum Gasteiger partial charge on any atom is 0.342 e. The molecule has 2 N–H and O–H groups in total. The van der Waals surface area contributed by atoms with E-state index in [0.717, 1.165) is 6.07 Å². The summed E-state index contributed by atoms with van der Waals surface area (Å²) in [7, 11) is 0. The lowest BCUT2D eigenvalue weighted by Crippen LogP contribution is -2.05. The number of nitro groups is 1. The second kappa shape index (κ2) is 5.88.